The molecule has 0 N–H and O–H groups in total. The molecular weight excluding hydrogens is 256 g/mol. The largest absolute Gasteiger partial charge is 0.431 e. The van der Waals surface area contributed by atoms with Crippen molar-refractivity contribution in [3.05, 3.63) is 34.7 Å². The number of azide groups is 1. The molecule has 0 saturated heterocycles. The first-order valence-corrected chi connectivity index (χ1v) is 6.27. The van der Waals surface area contributed by atoms with Crippen LogP contribution in [-0.2, 0) is 0 Å². The molecule has 2 aromatic rings. The van der Waals surface area contributed by atoms with Crippen molar-refractivity contribution in [1.82, 2.24) is 4.98 Å². The van der Waals surface area contributed by atoms with E-state index in [1.807, 2.05) is 24.3 Å². The molecule has 0 bridgehead atoms. The SMILES string of the molecule is [N-]=[N+]=NC(C=S)CSc1nc2ccccc2o1. The van der Waals surface area contributed by atoms with E-state index in [0.29, 0.717) is 11.0 Å². The van der Waals surface area contributed by atoms with Crippen LogP contribution in [0.2, 0.25) is 0 Å². The molecule has 0 radical (unpaired) electrons. The van der Waals surface area contributed by atoms with E-state index in [1.54, 1.807) is 0 Å². The number of fused-ring (bicyclic) bond motifs is 1. The van der Waals surface area contributed by atoms with Crippen molar-refractivity contribution in [3.8, 4) is 0 Å². The lowest BCUT2D eigenvalue weighted by Crippen LogP contribution is -2.06. The predicted octanol–water partition coefficient (Wildman–Crippen LogP) is 3.60. The van der Waals surface area contributed by atoms with Crippen molar-refractivity contribution < 1.29 is 4.42 Å². The van der Waals surface area contributed by atoms with E-state index in [2.05, 4.69) is 15.0 Å². The number of thioether (sulfide) groups is 1. The van der Waals surface area contributed by atoms with E-state index in [1.165, 1.54) is 17.1 Å². The zero-order valence-electron chi connectivity index (χ0n) is 8.68. The molecule has 5 nitrogen and oxygen atoms in total. The summed E-state index contributed by atoms with van der Waals surface area (Å²) in [6, 6.07) is 7.21. The lowest BCUT2D eigenvalue weighted by molar-refractivity contribution is 0.489. The Balaban J connectivity index is 2.08. The number of para-hydroxylation sites is 2. The number of nitrogens with zero attached hydrogens (tertiary/aromatic N) is 4. The third kappa shape index (κ3) is 2.97. The summed E-state index contributed by atoms with van der Waals surface area (Å²) < 4.78 is 5.51. The summed E-state index contributed by atoms with van der Waals surface area (Å²) in [6.45, 7) is 0. The van der Waals surface area contributed by atoms with Gasteiger partial charge in [-0.05, 0) is 23.0 Å². The number of thiocarbonyl (C=S) groups is 1. The number of benzene rings is 1. The molecule has 0 aliphatic rings. The van der Waals surface area contributed by atoms with Gasteiger partial charge in [0.05, 0.1) is 6.04 Å². The summed E-state index contributed by atoms with van der Waals surface area (Å²) in [5.41, 5.74) is 9.89. The van der Waals surface area contributed by atoms with E-state index in [4.69, 9.17) is 22.2 Å². The fraction of sp³-hybridized carbons (Fsp3) is 0.200. The molecule has 0 aliphatic heterocycles. The van der Waals surface area contributed by atoms with Crippen LogP contribution in [0, 0.1) is 0 Å². The third-order valence-electron chi connectivity index (χ3n) is 2.01. The van der Waals surface area contributed by atoms with Crippen molar-refractivity contribution >= 4 is 40.4 Å². The summed E-state index contributed by atoms with van der Waals surface area (Å²) in [7, 11) is 0. The Hall–Kier alpha value is -1.56. The lowest BCUT2D eigenvalue weighted by Gasteiger charge is -1.99. The predicted molar refractivity (Wildman–Crippen MR) is 71.3 cm³/mol. The Morgan fingerprint density at radius 1 is 1.59 bits per heavy atom. The van der Waals surface area contributed by atoms with Crippen LogP contribution in [0.25, 0.3) is 21.5 Å². The van der Waals surface area contributed by atoms with Crippen molar-refractivity contribution in [3.63, 3.8) is 0 Å². The number of rotatable bonds is 5. The van der Waals surface area contributed by atoms with Gasteiger partial charge in [0, 0.05) is 10.7 Å². The van der Waals surface area contributed by atoms with E-state index in [-0.39, 0.29) is 6.04 Å². The van der Waals surface area contributed by atoms with Crippen molar-refractivity contribution in [2.45, 2.75) is 11.3 Å². The minimum Gasteiger partial charge on any atom is -0.431 e. The molecule has 0 aliphatic carbocycles. The van der Waals surface area contributed by atoms with Gasteiger partial charge in [0.2, 0.25) is 0 Å². The van der Waals surface area contributed by atoms with Gasteiger partial charge in [-0.25, -0.2) is 4.98 Å². The molecule has 1 heterocycles. The molecule has 0 amide bonds. The fourth-order valence-corrected chi connectivity index (χ4v) is 2.30. The lowest BCUT2D eigenvalue weighted by atomic mass is 10.3. The standard InChI is InChI=1S/C10H8N4OS2/c11-14-13-7(5-16)6-17-10-12-8-3-1-2-4-9(8)15-10/h1-5,7H,6H2. The van der Waals surface area contributed by atoms with Crippen LogP contribution >= 0.6 is 24.0 Å². The molecule has 1 aromatic heterocycles. The molecule has 0 saturated carbocycles. The van der Waals surface area contributed by atoms with E-state index < -0.39 is 0 Å². The molecule has 0 fully saturated rings. The van der Waals surface area contributed by atoms with Crippen LogP contribution < -0.4 is 0 Å². The van der Waals surface area contributed by atoms with E-state index in [9.17, 15) is 0 Å². The smallest absolute Gasteiger partial charge is 0.256 e. The Labute approximate surface area is 107 Å². The average molecular weight is 264 g/mol. The zero-order valence-corrected chi connectivity index (χ0v) is 10.3. The summed E-state index contributed by atoms with van der Waals surface area (Å²) in [4.78, 5) is 7.02. The Bertz CT molecular complexity index is 543. The van der Waals surface area contributed by atoms with Crippen LogP contribution in [0.15, 0.2) is 39.0 Å². The molecule has 7 heteroatoms. The molecule has 0 spiro atoms. The molecular formula is C10H8N4OS2. The van der Waals surface area contributed by atoms with Gasteiger partial charge < -0.3 is 4.42 Å². The second-order valence-electron chi connectivity index (χ2n) is 3.17. The molecule has 1 aromatic carbocycles. The van der Waals surface area contributed by atoms with Crippen LogP contribution in [-0.4, -0.2) is 22.1 Å². The Morgan fingerprint density at radius 2 is 2.41 bits per heavy atom. The maximum absolute atomic E-state index is 8.32. The minimum atomic E-state index is -0.324. The highest BCUT2D eigenvalue weighted by Crippen LogP contribution is 2.23. The first-order valence-electron chi connectivity index (χ1n) is 4.81. The van der Waals surface area contributed by atoms with Gasteiger partial charge >= 0.3 is 0 Å². The topological polar surface area (TPSA) is 74.8 Å². The van der Waals surface area contributed by atoms with Crippen molar-refractivity contribution in [1.29, 1.82) is 0 Å². The highest BCUT2D eigenvalue weighted by atomic mass is 32.2. The first kappa shape index (κ1) is 11.9. The number of hydrogen-bond acceptors (Lipinski definition) is 5. The van der Waals surface area contributed by atoms with Crippen molar-refractivity contribution in [2.75, 3.05) is 5.75 Å². The van der Waals surface area contributed by atoms with Gasteiger partial charge in [-0.15, -0.1) is 0 Å². The molecule has 17 heavy (non-hydrogen) atoms. The van der Waals surface area contributed by atoms with E-state index >= 15 is 0 Å². The summed E-state index contributed by atoms with van der Waals surface area (Å²) in [6.07, 6.45) is 0. The summed E-state index contributed by atoms with van der Waals surface area (Å²) in [5, 5.41) is 5.54. The number of aromatic nitrogens is 1. The maximum atomic E-state index is 8.32. The summed E-state index contributed by atoms with van der Waals surface area (Å²) >= 11 is 6.14. The average Bonchev–Trinajstić information content (AvgIpc) is 2.77. The van der Waals surface area contributed by atoms with Gasteiger partial charge in [-0.1, -0.05) is 41.2 Å². The monoisotopic (exact) mass is 264 g/mol. The summed E-state index contributed by atoms with van der Waals surface area (Å²) in [5.74, 6) is 0.528. The van der Waals surface area contributed by atoms with Crippen molar-refractivity contribution in [2.24, 2.45) is 5.11 Å². The molecule has 2 rings (SSSR count). The van der Waals surface area contributed by atoms with Gasteiger partial charge in [-0.3, -0.25) is 0 Å². The third-order valence-corrected chi connectivity index (χ3v) is 3.25. The van der Waals surface area contributed by atoms with Gasteiger partial charge in [0.1, 0.15) is 5.52 Å². The molecule has 86 valence electrons. The highest BCUT2D eigenvalue weighted by molar-refractivity contribution is 7.99. The van der Waals surface area contributed by atoms with Gasteiger partial charge in [-0.2, -0.15) is 0 Å². The number of oxazole rings is 1. The highest BCUT2D eigenvalue weighted by Gasteiger charge is 2.08. The minimum absolute atomic E-state index is 0.324. The first-order chi connectivity index (χ1) is 8.33. The quantitative estimate of drug-likeness (QED) is 0.272. The molecule has 1 unspecified atom stereocenters. The number of hydrogen-bond donors (Lipinski definition) is 0. The van der Waals surface area contributed by atoms with E-state index in [0.717, 1.165) is 11.1 Å². The second-order valence-corrected chi connectivity index (χ2v) is 4.41. The van der Waals surface area contributed by atoms with Crippen LogP contribution in [0.5, 0.6) is 0 Å². The molecule has 1 atom stereocenters. The second kappa shape index (κ2) is 5.67. The van der Waals surface area contributed by atoms with Gasteiger partial charge in [0.15, 0.2) is 5.58 Å². The van der Waals surface area contributed by atoms with Crippen LogP contribution in [0.4, 0.5) is 0 Å². The zero-order chi connectivity index (χ0) is 12.1. The van der Waals surface area contributed by atoms with Crippen LogP contribution in [0.3, 0.4) is 0 Å². The Kier molecular flexibility index (Phi) is 3.98. The normalized spacial score (nSPS) is 12.0. The van der Waals surface area contributed by atoms with Gasteiger partial charge in [0.25, 0.3) is 5.22 Å². The Morgan fingerprint density at radius 3 is 3.12 bits per heavy atom. The fourth-order valence-electron chi connectivity index (χ4n) is 1.24. The maximum Gasteiger partial charge on any atom is 0.256 e. The van der Waals surface area contributed by atoms with Crippen LogP contribution in [0.1, 0.15) is 0 Å².